The Labute approximate surface area is 130 Å². The van der Waals surface area contributed by atoms with E-state index in [1.807, 2.05) is 0 Å². The zero-order valence-corrected chi connectivity index (χ0v) is 13.7. The van der Waals surface area contributed by atoms with E-state index in [0.717, 1.165) is 19.5 Å². The van der Waals surface area contributed by atoms with Crippen molar-refractivity contribution in [3.8, 4) is 0 Å². The van der Waals surface area contributed by atoms with E-state index in [2.05, 4.69) is 15.3 Å². The SMILES string of the molecule is CP(=O)(O)OCC(CO)CCCCNC(=O)CCCN=[N+]=[N-]. The van der Waals surface area contributed by atoms with Crippen LogP contribution in [0.5, 0.6) is 0 Å². The summed E-state index contributed by atoms with van der Waals surface area (Å²) in [7, 11) is -3.50. The molecule has 10 heteroatoms. The molecule has 0 saturated heterocycles. The third-order valence-corrected chi connectivity index (χ3v) is 3.52. The first-order valence-electron chi connectivity index (χ1n) is 7.22. The van der Waals surface area contributed by atoms with Crippen LogP contribution in [-0.2, 0) is 13.9 Å². The number of rotatable bonds is 13. The zero-order valence-electron chi connectivity index (χ0n) is 12.8. The minimum absolute atomic E-state index is 0.0482. The van der Waals surface area contributed by atoms with Crippen LogP contribution in [0.4, 0.5) is 0 Å². The van der Waals surface area contributed by atoms with Gasteiger partial charge in [0.25, 0.3) is 0 Å². The third kappa shape index (κ3) is 13.9. The number of nitrogens with one attached hydrogen (secondary N) is 1. The molecule has 0 aliphatic heterocycles. The van der Waals surface area contributed by atoms with Crippen molar-refractivity contribution in [2.24, 2.45) is 11.0 Å². The van der Waals surface area contributed by atoms with Crippen molar-refractivity contribution in [3.63, 3.8) is 0 Å². The predicted octanol–water partition coefficient (Wildman–Crippen LogP) is 1.80. The minimum atomic E-state index is -3.50. The molecule has 0 bridgehead atoms. The molecule has 22 heavy (non-hydrogen) atoms. The quantitative estimate of drug-likeness (QED) is 0.154. The number of hydrogen-bond acceptors (Lipinski definition) is 5. The molecule has 2 unspecified atom stereocenters. The average molecular weight is 336 g/mol. The van der Waals surface area contributed by atoms with E-state index in [9.17, 15) is 9.36 Å². The van der Waals surface area contributed by atoms with E-state index in [0.29, 0.717) is 32.4 Å². The zero-order chi connectivity index (χ0) is 16.8. The fraction of sp³-hybridized carbons (Fsp3) is 0.917. The maximum absolute atomic E-state index is 11.4. The number of aliphatic hydroxyl groups is 1. The van der Waals surface area contributed by atoms with E-state index in [-0.39, 0.29) is 25.0 Å². The Morgan fingerprint density at radius 3 is 2.77 bits per heavy atom. The Morgan fingerprint density at radius 1 is 1.45 bits per heavy atom. The molecule has 0 saturated carbocycles. The first-order chi connectivity index (χ1) is 10.4. The molecule has 0 aromatic carbocycles. The molecule has 3 N–H and O–H groups in total. The molecule has 0 fully saturated rings. The molecule has 2 atom stereocenters. The summed E-state index contributed by atoms with van der Waals surface area (Å²) in [5, 5.41) is 15.3. The average Bonchev–Trinajstić information content (AvgIpc) is 2.45. The Hall–Kier alpha value is -1.11. The van der Waals surface area contributed by atoms with Crippen LogP contribution in [0.15, 0.2) is 5.11 Å². The second-order valence-corrected chi connectivity index (χ2v) is 6.92. The number of nitrogens with zero attached hydrogens (tertiary/aromatic N) is 3. The fourth-order valence-electron chi connectivity index (χ4n) is 1.70. The first-order valence-corrected chi connectivity index (χ1v) is 9.24. The summed E-state index contributed by atoms with van der Waals surface area (Å²) in [6.45, 7) is 1.90. The van der Waals surface area contributed by atoms with Crippen LogP contribution in [0.25, 0.3) is 10.4 Å². The van der Waals surface area contributed by atoms with Gasteiger partial charge in [-0.05, 0) is 24.8 Å². The highest BCUT2D eigenvalue weighted by Crippen LogP contribution is 2.37. The van der Waals surface area contributed by atoms with Gasteiger partial charge in [-0.25, -0.2) is 0 Å². The molecule has 0 aromatic heterocycles. The summed E-state index contributed by atoms with van der Waals surface area (Å²) in [4.78, 5) is 23.0. The van der Waals surface area contributed by atoms with Gasteiger partial charge in [0.2, 0.25) is 5.91 Å². The van der Waals surface area contributed by atoms with Crippen LogP contribution < -0.4 is 5.32 Å². The van der Waals surface area contributed by atoms with Gasteiger partial charge < -0.3 is 19.8 Å². The van der Waals surface area contributed by atoms with E-state index in [1.54, 1.807) is 0 Å². The van der Waals surface area contributed by atoms with Crippen molar-refractivity contribution in [2.75, 3.05) is 33.0 Å². The molecular weight excluding hydrogens is 311 g/mol. The Morgan fingerprint density at radius 2 is 2.18 bits per heavy atom. The molecule has 0 aliphatic rings. The number of carbonyl (C=O) groups is 1. The molecule has 0 aliphatic carbocycles. The highest BCUT2D eigenvalue weighted by molar-refractivity contribution is 7.51. The number of unbranched alkanes of at least 4 members (excludes halogenated alkanes) is 1. The van der Waals surface area contributed by atoms with Crippen molar-refractivity contribution in [1.82, 2.24) is 5.32 Å². The minimum Gasteiger partial charge on any atom is -0.396 e. The largest absolute Gasteiger partial charge is 0.396 e. The summed E-state index contributed by atoms with van der Waals surface area (Å²) < 4.78 is 15.8. The van der Waals surface area contributed by atoms with Crippen molar-refractivity contribution < 1.29 is 23.9 Å². The van der Waals surface area contributed by atoms with Crippen LogP contribution in [0.1, 0.15) is 32.1 Å². The lowest BCUT2D eigenvalue weighted by molar-refractivity contribution is -0.121. The fourth-order valence-corrected chi connectivity index (χ4v) is 2.19. The van der Waals surface area contributed by atoms with Crippen LogP contribution in [0, 0.1) is 5.92 Å². The molecule has 0 rings (SSSR count). The van der Waals surface area contributed by atoms with Crippen molar-refractivity contribution >= 4 is 13.5 Å². The number of azide groups is 1. The number of aliphatic hydroxyl groups excluding tert-OH is 1. The topological polar surface area (TPSA) is 145 Å². The number of hydrogen-bond donors (Lipinski definition) is 3. The van der Waals surface area contributed by atoms with Crippen LogP contribution in [0.2, 0.25) is 0 Å². The van der Waals surface area contributed by atoms with Gasteiger partial charge in [-0.15, -0.1) is 0 Å². The summed E-state index contributed by atoms with van der Waals surface area (Å²) >= 11 is 0. The Bertz CT molecular complexity index is 408. The summed E-state index contributed by atoms with van der Waals surface area (Å²) in [5.74, 6) is -0.262. The van der Waals surface area contributed by atoms with E-state index < -0.39 is 7.60 Å². The maximum atomic E-state index is 11.4. The molecular formula is C12H25N4O5P. The van der Waals surface area contributed by atoms with Crippen molar-refractivity contribution in [2.45, 2.75) is 32.1 Å². The van der Waals surface area contributed by atoms with Gasteiger partial charge in [-0.2, -0.15) is 0 Å². The molecule has 9 nitrogen and oxygen atoms in total. The van der Waals surface area contributed by atoms with E-state index in [1.165, 1.54) is 0 Å². The third-order valence-electron chi connectivity index (χ3n) is 2.89. The number of amides is 1. The van der Waals surface area contributed by atoms with Gasteiger partial charge in [0.15, 0.2) is 0 Å². The standard InChI is InChI=1S/C12H25N4O5P/c1-22(19,20)21-10-11(9-17)5-2-3-7-14-12(18)6-4-8-15-16-13/h11,17H,2-10H2,1H3,(H,14,18)(H,19,20). The van der Waals surface area contributed by atoms with Gasteiger partial charge in [-0.3, -0.25) is 9.36 Å². The first kappa shape index (κ1) is 20.9. The number of carbonyl (C=O) groups excluding carboxylic acids is 1. The smallest absolute Gasteiger partial charge is 0.325 e. The molecule has 1 amide bonds. The van der Waals surface area contributed by atoms with Gasteiger partial charge >= 0.3 is 7.60 Å². The van der Waals surface area contributed by atoms with Gasteiger partial charge in [-0.1, -0.05) is 11.5 Å². The predicted molar refractivity (Wildman–Crippen MR) is 82.4 cm³/mol. The lowest BCUT2D eigenvalue weighted by Gasteiger charge is -2.15. The lowest BCUT2D eigenvalue weighted by Crippen LogP contribution is -2.24. The van der Waals surface area contributed by atoms with Gasteiger partial charge in [0.1, 0.15) is 0 Å². The summed E-state index contributed by atoms with van der Waals surface area (Å²) in [6, 6.07) is 0. The Balaban J connectivity index is 3.63. The molecule has 0 spiro atoms. The summed E-state index contributed by atoms with van der Waals surface area (Å²) in [6.07, 6.45) is 3.03. The van der Waals surface area contributed by atoms with Gasteiger partial charge in [0, 0.05) is 43.6 Å². The molecule has 0 radical (unpaired) electrons. The summed E-state index contributed by atoms with van der Waals surface area (Å²) in [5.41, 5.74) is 8.08. The van der Waals surface area contributed by atoms with Crippen LogP contribution in [-0.4, -0.2) is 48.9 Å². The van der Waals surface area contributed by atoms with Crippen molar-refractivity contribution in [3.05, 3.63) is 10.4 Å². The van der Waals surface area contributed by atoms with Crippen LogP contribution >= 0.6 is 7.60 Å². The second-order valence-electron chi connectivity index (χ2n) is 5.05. The molecule has 128 valence electrons. The highest BCUT2D eigenvalue weighted by Gasteiger charge is 2.15. The van der Waals surface area contributed by atoms with Crippen molar-refractivity contribution in [1.29, 1.82) is 0 Å². The molecule has 0 heterocycles. The van der Waals surface area contributed by atoms with E-state index >= 15 is 0 Å². The molecule has 0 aromatic rings. The maximum Gasteiger partial charge on any atom is 0.325 e. The van der Waals surface area contributed by atoms with E-state index in [4.69, 9.17) is 20.1 Å². The monoisotopic (exact) mass is 336 g/mol. The second kappa shape index (κ2) is 12.4. The van der Waals surface area contributed by atoms with Crippen LogP contribution in [0.3, 0.4) is 0 Å². The van der Waals surface area contributed by atoms with Gasteiger partial charge in [0.05, 0.1) is 6.61 Å². The normalized spacial score (nSPS) is 14.7. The highest BCUT2D eigenvalue weighted by atomic mass is 31.2. The lowest BCUT2D eigenvalue weighted by atomic mass is 10.0. The Kier molecular flexibility index (Phi) is 11.8.